The van der Waals surface area contributed by atoms with E-state index >= 15 is 0 Å². The maximum atomic E-state index is 6.41. The number of halogens is 2. The Bertz CT molecular complexity index is 1340. The molecular weight excluding hydrogens is 389 g/mol. The summed E-state index contributed by atoms with van der Waals surface area (Å²) in [4.78, 5) is 4.65. The first kappa shape index (κ1) is 17.2. The van der Waals surface area contributed by atoms with Crippen LogP contribution >= 0.6 is 23.2 Å². The molecule has 0 fully saturated rings. The largest absolute Gasteiger partial charge is 0.255 e. The molecule has 0 bridgehead atoms. The minimum absolute atomic E-state index is 0.696. The normalized spacial score (nSPS) is 11.4. The van der Waals surface area contributed by atoms with Gasteiger partial charge in [0, 0.05) is 32.6 Å². The lowest BCUT2D eigenvalue weighted by molar-refractivity contribution is 0.917. The third kappa shape index (κ3) is 2.75. The number of nitrogens with zero attached hydrogens (tertiary/aromatic N) is 3. The van der Waals surface area contributed by atoms with Crippen molar-refractivity contribution in [2.45, 2.75) is 6.92 Å². The van der Waals surface area contributed by atoms with Crippen molar-refractivity contribution in [2.24, 2.45) is 0 Å². The molecule has 2 aromatic heterocycles. The van der Waals surface area contributed by atoms with E-state index in [9.17, 15) is 0 Å². The molecule has 0 aliphatic heterocycles. The van der Waals surface area contributed by atoms with Crippen LogP contribution in [0.2, 0.25) is 10.0 Å². The first-order chi connectivity index (χ1) is 13.6. The van der Waals surface area contributed by atoms with Crippen LogP contribution in [-0.4, -0.2) is 14.8 Å². The molecule has 0 radical (unpaired) electrons. The lowest BCUT2D eigenvalue weighted by atomic mass is 10.1. The van der Waals surface area contributed by atoms with Crippen molar-refractivity contribution in [1.82, 2.24) is 14.8 Å². The van der Waals surface area contributed by atoms with Crippen molar-refractivity contribution in [3.05, 3.63) is 88.5 Å². The molecule has 28 heavy (non-hydrogen) atoms. The van der Waals surface area contributed by atoms with Gasteiger partial charge >= 0.3 is 0 Å². The van der Waals surface area contributed by atoms with Gasteiger partial charge in [0.1, 0.15) is 5.69 Å². The number of hydrogen-bond acceptors (Lipinski definition) is 2. The number of pyridine rings is 1. The summed E-state index contributed by atoms with van der Waals surface area (Å²) in [6, 6.07) is 21.8. The van der Waals surface area contributed by atoms with E-state index in [1.165, 1.54) is 0 Å². The Morgan fingerprint density at radius 3 is 2.43 bits per heavy atom. The summed E-state index contributed by atoms with van der Waals surface area (Å²) in [5, 5.41) is 8.40. The highest BCUT2D eigenvalue weighted by atomic mass is 35.5. The van der Waals surface area contributed by atoms with Crippen molar-refractivity contribution < 1.29 is 0 Å². The van der Waals surface area contributed by atoms with E-state index in [4.69, 9.17) is 28.3 Å². The van der Waals surface area contributed by atoms with Crippen molar-refractivity contribution in [3.8, 4) is 16.9 Å². The van der Waals surface area contributed by atoms with Gasteiger partial charge in [-0.25, -0.2) is 4.68 Å². The minimum Gasteiger partial charge on any atom is -0.255 e. The predicted molar refractivity (Wildman–Crippen MR) is 117 cm³/mol. The SMILES string of the molecule is Cc1ccc(-n2nc(-c3ccc(Cl)cc3)c3cnc4ccccc4c32)cc1Cl. The van der Waals surface area contributed by atoms with Crippen LogP contribution < -0.4 is 0 Å². The van der Waals surface area contributed by atoms with Gasteiger partial charge in [-0.15, -0.1) is 0 Å². The fourth-order valence-corrected chi connectivity index (χ4v) is 3.75. The van der Waals surface area contributed by atoms with Crippen molar-refractivity contribution >= 4 is 45.0 Å². The third-order valence-electron chi connectivity index (χ3n) is 4.93. The van der Waals surface area contributed by atoms with Crippen molar-refractivity contribution in [2.75, 3.05) is 0 Å². The third-order valence-corrected chi connectivity index (χ3v) is 5.59. The number of aryl methyl sites for hydroxylation is 1. The van der Waals surface area contributed by atoms with Crippen LogP contribution in [0.15, 0.2) is 72.9 Å². The summed E-state index contributed by atoms with van der Waals surface area (Å²) in [6.45, 7) is 1.99. The Morgan fingerprint density at radius 2 is 1.64 bits per heavy atom. The number of benzene rings is 3. The lowest BCUT2D eigenvalue weighted by Gasteiger charge is -2.07. The Labute approximate surface area is 172 Å². The molecule has 5 aromatic rings. The fraction of sp³-hybridized carbons (Fsp3) is 0.0435. The van der Waals surface area contributed by atoms with E-state index < -0.39 is 0 Å². The molecule has 0 N–H and O–H groups in total. The monoisotopic (exact) mass is 403 g/mol. The van der Waals surface area contributed by atoms with Crippen LogP contribution in [-0.2, 0) is 0 Å². The Hall–Kier alpha value is -2.88. The summed E-state index contributed by atoms with van der Waals surface area (Å²) in [5.74, 6) is 0. The van der Waals surface area contributed by atoms with Crippen molar-refractivity contribution in [3.63, 3.8) is 0 Å². The molecule has 136 valence electrons. The quantitative estimate of drug-likeness (QED) is 0.322. The summed E-state index contributed by atoms with van der Waals surface area (Å²) in [6.07, 6.45) is 1.89. The summed E-state index contributed by atoms with van der Waals surface area (Å²) in [7, 11) is 0. The molecule has 0 atom stereocenters. The first-order valence-electron chi connectivity index (χ1n) is 8.91. The molecule has 0 amide bonds. The van der Waals surface area contributed by atoms with Gasteiger partial charge in [-0.05, 0) is 42.8 Å². The molecule has 0 saturated carbocycles. The minimum atomic E-state index is 0.696. The molecule has 0 saturated heterocycles. The number of rotatable bonds is 2. The van der Waals surface area contributed by atoms with Gasteiger partial charge in [-0.2, -0.15) is 5.10 Å². The standard InChI is InChI=1S/C23H15Cl2N3/c1-14-6-11-17(12-20(14)25)28-23-18-4-2-3-5-21(18)26-13-19(23)22(27-28)15-7-9-16(24)10-8-15/h2-13H,1H3. The van der Waals surface area contributed by atoms with Crippen LogP contribution in [0, 0.1) is 6.92 Å². The maximum absolute atomic E-state index is 6.41. The molecule has 0 spiro atoms. The molecule has 0 aliphatic carbocycles. The molecule has 0 aliphatic rings. The van der Waals surface area contributed by atoms with Crippen LogP contribution in [0.1, 0.15) is 5.56 Å². The number of aromatic nitrogens is 3. The molecule has 5 rings (SSSR count). The predicted octanol–water partition coefficient (Wildman–Crippen LogP) is 6.86. The highest BCUT2D eigenvalue weighted by Gasteiger charge is 2.17. The van der Waals surface area contributed by atoms with E-state index in [2.05, 4.69) is 11.1 Å². The Kier molecular flexibility index (Phi) is 4.08. The zero-order valence-electron chi connectivity index (χ0n) is 15.0. The number of hydrogen-bond donors (Lipinski definition) is 0. The van der Waals surface area contributed by atoms with Crippen LogP contribution in [0.3, 0.4) is 0 Å². The second kappa shape index (κ2) is 6.62. The molecule has 3 aromatic carbocycles. The highest BCUT2D eigenvalue weighted by molar-refractivity contribution is 6.31. The van der Waals surface area contributed by atoms with Gasteiger partial charge in [-0.1, -0.05) is 59.6 Å². The second-order valence-corrected chi connectivity index (χ2v) is 7.58. The fourth-order valence-electron chi connectivity index (χ4n) is 3.45. The van der Waals surface area contributed by atoms with Crippen molar-refractivity contribution in [1.29, 1.82) is 0 Å². The molecule has 5 heteroatoms. The molecule has 2 heterocycles. The highest BCUT2D eigenvalue weighted by Crippen LogP contribution is 2.34. The topological polar surface area (TPSA) is 30.7 Å². The van der Waals surface area contributed by atoms with E-state index in [-0.39, 0.29) is 0 Å². The average molecular weight is 404 g/mol. The lowest BCUT2D eigenvalue weighted by Crippen LogP contribution is -1.98. The summed E-state index contributed by atoms with van der Waals surface area (Å²) >= 11 is 12.5. The molecule has 3 nitrogen and oxygen atoms in total. The number of para-hydroxylation sites is 1. The summed E-state index contributed by atoms with van der Waals surface area (Å²) < 4.78 is 1.95. The zero-order chi connectivity index (χ0) is 19.3. The van der Waals surface area contributed by atoms with Gasteiger partial charge in [-0.3, -0.25) is 4.98 Å². The van der Waals surface area contributed by atoms with Gasteiger partial charge < -0.3 is 0 Å². The first-order valence-corrected chi connectivity index (χ1v) is 9.66. The second-order valence-electron chi connectivity index (χ2n) is 6.74. The Morgan fingerprint density at radius 1 is 0.857 bits per heavy atom. The summed E-state index contributed by atoms with van der Waals surface area (Å²) in [5.41, 5.74) is 5.74. The van der Waals surface area contributed by atoms with E-state index in [1.807, 2.05) is 78.5 Å². The van der Waals surface area contributed by atoms with Crippen LogP contribution in [0.4, 0.5) is 0 Å². The van der Waals surface area contributed by atoms with Gasteiger partial charge in [0.2, 0.25) is 0 Å². The zero-order valence-corrected chi connectivity index (χ0v) is 16.5. The Balaban J connectivity index is 1.89. The maximum Gasteiger partial charge on any atom is 0.102 e. The molecular formula is C23H15Cl2N3. The van der Waals surface area contributed by atoms with E-state index in [0.29, 0.717) is 10.0 Å². The van der Waals surface area contributed by atoms with Gasteiger partial charge in [0.05, 0.1) is 16.7 Å². The van der Waals surface area contributed by atoms with Gasteiger partial charge in [0.15, 0.2) is 0 Å². The molecule has 0 unspecified atom stereocenters. The van der Waals surface area contributed by atoms with E-state index in [1.54, 1.807) is 0 Å². The average Bonchev–Trinajstić information content (AvgIpc) is 3.11. The van der Waals surface area contributed by atoms with Crippen LogP contribution in [0.25, 0.3) is 38.8 Å². The smallest absolute Gasteiger partial charge is 0.102 e. The van der Waals surface area contributed by atoms with E-state index in [0.717, 1.165) is 44.3 Å². The van der Waals surface area contributed by atoms with Crippen LogP contribution in [0.5, 0.6) is 0 Å². The van der Waals surface area contributed by atoms with Gasteiger partial charge in [0.25, 0.3) is 0 Å². The number of fused-ring (bicyclic) bond motifs is 3.